The van der Waals surface area contributed by atoms with Crippen LogP contribution in [0.25, 0.3) is 104 Å². The highest BCUT2D eigenvalue weighted by Crippen LogP contribution is 2.42. The maximum absolute atomic E-state index is 5.45. The van der Waals surface area contributed by atoms with Gasteiger partial charge in [0.25, 0.3) is 0 Å². The molecule has 3 nitrogen and oxygen atoms in total. The van der Waals surface area contributed by atoms with Gasteiger partial charge in [-0.1, -0.05) is 127 Å². The van der Waals surface area contributed by atoms with Crippen LogP contribution in [-0.2, 0) is 0 Å². The van der Waals surface area contributed by atoms with Crippen molar-refractivity contribution < 1.29 is 0 Å². The summed E-state index contributed by atoms with van der Waals surface area (Å²) in [5, 5.41) is 14.8. The highest BCUT2D eigenvalue weighted by Gasteiger charge is 2.22. The van der Waals surface area contributed by atoms with E-state index in [0.29, 0.717) is 0 Å². The van der Waals surface area contributed by atoms with Crippen molar-refractivity contribution in [3.63, 3.8) is 0 Å². The first-order valence-corrected chi connectivity index (χ1v) is 16.8. The lowest BCUT2D eigenvalue weighted by atomic mass is 9.93. The topological polar surface area (TPSA) is 30.7 Å². The molecular formula is C46H27N3. The molecule has 0 spiro atoms. The van der Waals surface area contributed by atoms with E-state index in [0.717, 1.165) is 39.1 Å². The third-order valence-electron chi connectivity index (χ3n) is 10.3. The van der Waals surface area contributed by atoms with Crippen LogP contribution in [0.5, 0.6) is 0 Å². The predicted molar refractivity (Wildman–Crippen MR) is 207 cm³/mol. The molecule has 226 valence electrons. The Morgan fingerprint density at radius 1 is 0.347 bits per heavy atom. The highest BCUT2D eigenvalue weighted by atomic mass is 15.1. The zero-order valence-corrected chi connectivity index (χ0v) is 26.4. The number of fused-ring (bicyclic) bond motifs is 13. The molecule has 0 N–H and O–H groups in total. The van der Waals surface area contributed by atoms with E-state index in [2.05, 4.69) is 156 Å². The Morgan fingerprint density at radius 3 is 1.61 bits per heavy atom. The summed E-state index contributed by atoms with van der Waals surface area (Å²) in [4.78, 5) is 10.9. The van der Waals surface area contributed by atoms with E-state index in [1.54, 1.807) is 0 Å². The van der Waals surface area contributed by atoms with Crippen molar-refractivity contribution >= 4 is 86.7 Å². The number of hydrogen-bond acceptors (Lipinski definition) is 2. The Kier molecular flexibility index (Phi) is 5.38. The Labute approximate surface area is 281 Å². The molecule has 0 aliphatic carbocycles. The summed E-state index contributed by atoms with van der Waals surface area (Å²) in [5.41, 5.74) is 5.88. The van der Waals surface area contributed by atoms with E-state index in [-0.39, 0.29) is 0 Å². The molecule has 0 aliphatic heterocycles. The second-order valence-corrected chi connectivity index (χ2v) is 13.0. The fraction of sp³-hybridized carbons (Fsp3) is 0. The lowest BCUT2D eigenvalue weighted by Gasteiger charge is -2.16. The molecule has 11 aromatic rings. The monoisotopic (exact) mass is 621 g/mol. The van der Waals surface area contributed by atoms with Crippen LogP contribution in [0.4, 0.5) is 0 Å². The summed E-state index contributed by atoms with van der Waals surface area (Å²) >= 11 is 0. The Hall–Kier alpha value is -6.58. The molecule has 11 rings (SSSR count). The molecule has 49 heavy (non-hydrogen) atoms. The molecule has 9 aromatic carbocycles. The number of rotatable bonds is 2. The largest absolute Gasteiger partial charge is 0.292 e. The Morgan fingerprint density at radius 2 is 0.898 bits per heavy atom. The predicted octanol–water partition coefficient (Wildman–Crippen LogP) is 12.2. The number of nitrogens with zero attached hydrogens (tertiary/aromatic N) is 3. The zero-order valence-electron chi connectivity index (χ0n) is 26.4. The minimum atomic E-state index is 0.828. The molecule has 0 saturated carbocycles. The van der Waals surface area contributed by atoms with Gasteiger partial charge in [-0.3, -0.25) is 4.57 Å². The molecule has 0 amide bonds. The second-order valence-electron chi connectivity index (χ2n) is 13.0. The minimum absolute atomic E-state index is 0.828. The van der Waals surface area contributed by atoms with Gasteiger partial charge in [-0.05, 0) is 90.3 Å². The van der Waals surface area contributed by atoms with Crippen molar-refractivity contribution in [1.29, 1.82) is 0 Å². The molecule has 0 radical (unpaired) electrons. The van der Waals surface area contributed by atoms with Crippen LogP contribution in [0.3, 0.4) is 0 Å². The zero-order chi connectivity index (χ0) is 32.1. The summed E-state index contributed by atoms with van der Waals surface area (Å²) < 4.78 is 2.35. The first-order chi connectivity index (χ1) is 24.3. The normalized spacial score (nSPS) is 12.1. The summed E-state index contributed by atoms with van der Waals surface area (Å²) in [6, 6.07) is 59.0. The molecule has 0 unspecified atom stereocenters. The third-order valence-corrected chi connectivity index (χ3v) is 10.3. The molecular weight excluding hydrogens is 595 g/mol. The van der Waals surface area contributed by atoms with Crippen molar-refractivity contribution in [2.45, 2.75) is 0 Å². The molecule has 0 fully saturated rings. The van der Waals surface area contributed by atoms with Crippen molar-refractivity contribution in [2.75, 3.05) is 0 Å². The quantitative estimate of drug-likeness (QED) is 0.180. The molecule has 0 atom stereocenters. The van der Waals surface area contributed by atoms with Gasteiger partial charge in [0.15, 0.2) is 5.82 Å². The fourth-order valence-corrected chi connectivity index (χ4v) is 8.10. The van der Waals surface area contributed by atoms with Gasteiger partial charge in [0.2, 0.25) is 0 Å². The summed E-state index contributed by atoms with van der Waals surface area (Å²) in [6.07, 6.45) is 0. The van der Waals surface area contributed by atoms with Crippen LogP contribution >= 0.6 is 0 Å². The van der Waals surface area contributed by atoms with Gasteiger partial charge >= 0.3 is 0 Å². The van der Waals surface area contributed by atoms with E-state index < -0.39 is 0 Å². The summed E-state index contributed by atoms with van der Waals surface area (Å²) in [5.74, 6) is 0.828. The van der Waals surface area contributed by atoms with Gasteiger partial charge in [-0.2, -0.15) is 0 Å². The molecule has 3 heteroatoms. The molecule has 2 aromatic heterocycles. The van der Waals surface area contributed by atoms with Gasteiger partial charge in [-0.25, -0.2) is 9.97 Å². The van der Waals surface area contributed by atoms with Crippen LogP contribution in [0.15, 0.2) is 164 Å². The van der Waals surface area contributed by atoms with Crippen LogP contribution in [-0.4, -0.2) is 14.5 Å². The van der Waals surface area contributed by atoms with Gasteiger partial charge < -0.3 is 0 Å². The van der Waals surface area contributed by atoms with Crippen molar-refractivity contribution in [3.05, 3.63) is 164 Å². The first kappa shape index (κ1) is 26.5. The lowest BCUT2D eigenvalue weighted by Crippen LogP contribution is -2.03. The second kappa shape index (κ2) is 9.96. The molecule has 0 bridgehead atoms. The Balaban J connectivity index is 1.30. The first-order valence-electron chi connectivity index (χ1n) is 16.8. The minimum Gasteiger partial charge on any atom is -0.292 e. The van der Waals surface area contributed by atoms with Gasteiger partial charge in [0, 0.05) is 16.3 Å². The van der Waals surface area contributed by atoms with Gasteiger partial charge in [0.1, 0.15) is 5.69 Å². The molecule has 2 heterocycles. The maximum Gasteiger partial charge on any atom is 0.165 e. The van der Waals surface area contributed by atoms with E-state index in [9.17, 15) is 0 Å². The van der Waals surface area contributed by atoms with Crippen LogP contribution in [0, 0.1) is 0 Å². The molecule has 0 aliphatic rings. The van der Waals surface area contributed by atoms with Crippen LogP contribution in [0.1, 0.15) is 0 Å². The molecule has 0 saturated heterocycles. The number of benzene rings is 9. The van der Waals surface area contributed by atoms with E-state index in [1.807, 2.05) is 12.1 Å². The summed E-state index contributed by atoms with van der Waals surface area (Å²) in [7, 11) is 0. The number of aromatic nitrogens is 3. The van der Waals surface area contributed by atoms with Crippen LogP contribution in [0.2, 0.25) is 0 Å². The highest BCUT2D eigenvalue weighted by molar-refractivity contribution is 6.26. The average molecular weight is 622 g/mol. The van der Waals surface area contributed by atoms with Crippen LogP contribution < -0.4 is 0 Å². The van der Waals surface area contributed by atoms with Gasteiger partial charge in [-0.15, -0.1) is 0 Å². The number of hydrogen-bond donors (Lipinski definition) is 0. The van der Waals surface area contributed by atoms with E-state index in [4.69, 9.17) is 9.97 Å². The lowest BCUT2D eigenvalue weighted by molar-refractivity contribution is 1.08. The summed E-state index contributed by atoms with van der Waals surface area (Å²) in [6.45, 7) is 0. The van der Waals surface area contributed by atoms with E-state index in [1.165, 1.54) is 64.6 Å². The van der Waals surface area contributed by atoms with Crippen molar-refractivity contribution in [2.24, 2.45) is 0 Å². The van der Waals surface area contributed by atoms with Crippen molar-refractivity contribution in [3.8, 4) is 17.1 Å². The average Bonchev–Trinajstić information content (AvgIpc) is 3.49. The van der Waals surface area contributed by atoms with Crippen molar-refractivity contribution in [1.82, 2.24) is 14.5 Å². The van der Waals surface area contributed by atoms with E-state index >= 15 is 0 Å². The standard InChI is InChI=1S/C46H27N3/c1-2-13-30-27-43-39(25-29(30)12-1)44-32-14-4-3-11-28(32)22-24-42(44)49(43)46-45(47-40-19-9-10-20-41(40)48-46)31-21-23-37-35-17-6-5-15-33(35)34-16-7-8-18-36(34)38(37)26-31/h1-27H. The SMILES string of the molecule is c1ccc2cc3c(cc2c1)c1c2ccccc2ccc1n3-c1nc2ccccc2nc1-c1ccc2c3ccccc3c3ccccc3c2c1. The third kappa shape index (κ3) is 3.78. The van der Waals surface area contributed by atoms with Gasteiger partial charge in [0.05, 0.1) is 22.1 Å². The maximum atomic E-state index is 5.45. The fourth-order valence-electron chi connectivity index (χ4n) is 8.10. The number of para-hydroxylation sites is 2. The smallest absolute Gasteiger partial charge is 0.165 e. The Bertz CT molecular complexity index is 3130.